The average Bonchev–Trinajstić information content (AvgIpc) is 2.28. The van der Waals surface area contributed by atoms with Crippen molar-refractivity contribution in [1.29, 1.82) is 0 Å². The van der Waals surface area contributed by atoms with Crippen molar-refractivity contribution in [3.05, 3.63) is 42.0 Å². The van der Waals surface area contributed by atoms with Crippen LogP contribution in [-0.2, 0) is 0 Å². The maximum absolute atomic E-state index is 5.51. The first-order chi connectivity index (χ1) is 7.24. The molecule has 0 saturated carbocycles. The molecule has 0 fully saturated rings. The molecule has 1 heteroatoms. The minimum atomic E-state index is 0.247. The third-order valence-corrected chi connectivity index (χ3v) is 2.35. The maximum atomic E-state index is 5.51. The van der Waals surface area contributed by atoms with Crippen LogP contribution in [0.15, 0.2) is 30.9 Å². The minimum absolute atomic E-state index is 0.247. The molecule has 0 amide bonds. The van der Waals surface area contributed by atoms with E-state index in [0.29, 0.717) is 6.61 Å². The standard InChI is InChI=1S/C14H16O/c1-5-11(4)13-9-8-10-14(15-7-3)12(13)6-2/h2,5,8-11H,1,7H2,3-4H3. The smallest absolute Gasteiger partial charge is 0.135 e. The van der Waals surface area contributed by atoms with Crippen LogP contribution in [0.3, 0.4) is 0 Å². The quantitative estimate of drug-likeness (QED) is 0.535. The second-order valence-electron chi connectivity index (χ2n) is 3.32. The zero-order chi connectivity index (χ0) is 11.3. The monoisotopic (exact) mass is 200 g/mol. The van der Waals surface area contributed by atoms with Crippen molar-refractivity contribution < 1.29 is 4.74 Å². The average molecular weight is 200 g/mol. The summed E-state index contributed by atoms with van der Waals surface area (Å²) < 4.78 is 5.49. The van der Waals surface area contributed by atoms with E-state index in [1.807, 2.05) is 31.2 Å². The SMILES string of the molecule is C#Cc1c(OCC)cccc1C(C)C=C. The molecule has 0 radical (unpaired) electrons. The van der Waals surface area contributed by atoms with Gasteiger partial charge in [0.15, 0.2) is 0 Å². The van der Waals surface area contributed by atoms with Gasteiger partial charge in [0.2, 0.25) is 0 Å². The second kappa shape index (κ2) is 5.26. The maximum Gasteiger partial charge on any atom is 0.135 e. The van der Waals surface area contributed by atoms with Crippen LogP contribution in [0.5, 0.6) is 5.75 Å². The van der Waals surface area contributed by atoms with Crippen molar-refractivity contribution in [2.45, 2.75) is 19.8 Å². The van der Waals surface area contributed by atoms with Gasteiger partial charge in [0.1, 0.15) is 5.75 Å². The molecule has 0 saturated heterocycles. The van der Waals surface area contributed by atoms with Crippen LogP contribution >= 0.6 is 0 Å². The van der Waals surface area contributed by atoms with Gasteiger partial charge in [0, 0.05) is 5.92 Å². The fourth-order valence-electron chi connectivity index (χ4n) is 1.48. The molecule has 1 unspecified atom stereocenters. The van der Waals surface area contributed by atoms with E-state index in [2.05, 4.69) is 19.4 Å². The van der Waals surface area contributed by atoms with Gasteiger partial charge in [-0.2, -0.15) is 0 Å². The predicted octanol–water partition coefficient (Wildman–Crippen LogP) is 3.36. The molecule has 1 rings (SSSR count). The van der Waals surface area contributed by atoms with E-state index >= 15 is 0 Å². The summed E-state index contributed by atoms with van der Waals surface area (Å²) in [5, 5.41) is 0. The van der Waals surface area contributed by atoms with E-state index in [-0.39, 0.29) is 5.92 Å². The molecular formula is C14H16O. The van der Waals surface area contributed by atoms with Crippen molar-refractivity contribution in [1.82, 2.24) is 0 Å². The van der Waals surface area contributed by atoms with Crippen LogP contribution in [0.4, 0.5) is 0 Å². The molecule has 0 aliphatic rings. The highest BCUT2D eigenvalue weighted by Gasteiger charge is 2.10. The number of terminal acetylenes is 1. The Morgan fingerprint density at radius 1 is 1.60 bits per heavy atom. The topological polar surface area (TPSA) is 9.23 Å². The Kier molecular flexibility index (Phi) is 4.00. The van der Waals surface area contributed by atoms with E-state index in [4.69, 9.17) is 11.2 Å². The summed E-state index contributed by atoms with van der Waals surface area (Å²) in [6, 6.07) is 5.88. The number of ether oxygens (including phenoxy) is 1. The Balaban J connectivity index is 3.23. The first kappa shape index (κ1) is 11.4. The van der Waals surface area contributed by atoms with Gasteiger partial charge in [-0.25, -0.2) is 0 Å². The molecule has 0 bridgehead atoms. The summed E-state index contributed by atoms with van der Waals surface area (Å²) in [7, 11) is 0. The lowest BCUT2D eigenvalue weighted by molar-refractivity contribution is 0.339. The van der Waals surface area contributed by atoms with E-state index in [1.54, 1.807) is 0 Å². The summed E-state index contributed by atoms with van der Waals surface area (Å²) in [5.74, 6) is 3.72. The van der Waals surface area contributed by atoms with E-state index in [9.17, 15) is 0 Å². The molecule has 0 aliphatic heterocycles. The summed E-state index contributed by atoms with van der Waals surface area (Å²) in [6.45, 7) is 8.42. The number of hydrogen-bond acceptors (Lipinski definition) is 1. The van der Waals surface area contributed by atoms with Crippen molar-refractivity contribution in [3.8, 4) is 18.1 Å². The lowest BCUT2D eigenvalue weighted by atomic mass is 9.95. The first-order valence-electron chi connectivity index (χ1n) is 5.09. The second-order valence-corrected chi connectivity index (χ2v) is 3.32. The van der Waals surface area contributed by atoms with Crippen molar-refractivity contribution in [2.75, 3.05) is 6.61 Å². The Morgan fingerprint density at radius 3 is 2.87 bits per heavy atom. The number of rotatable bonds is 4. The van der Waals surface area contributed by atoms with Crippen LogP contribution < -0.4 is 4.74 Å². The van der Waals surface area contributed by atoms with Gasteiger partial charge in [0.05, 0.1) is 12.2 Å². The molecule has 1 aromatic carbocycles. The van der Waals surface area contributed by atoms with Gasteiger partial charge in [-0.3, -0.25) is 0 Å². The molecule has 0 aromatic heterocycles. The molecule has 1 atom stereocenters. The highest BCUT2D eigenvalue weighted by atomic mass is 16.5. The molecular weight excluding hydrogens is 184 g/mol. The van der Waals surface area contributed by atoms with E-state index in [1.165, 1.54) is 0 Å². The highest BCUT2D eigenvalue weighted by molar-refractivity contribution is 5.52. The van der Waals surface area contributed by atoms with Crippen LogP contribution in [0.1, 0.15) is 30.9 Å². The van der Waals surface area contributed by atoms with Gasteiger partial charge in [0.25, 0.3) is 0 Å². The first-order valence-corrected chi connectivity index (χ1v) is 5.09. The Bertz CT molecular complexity index is 385. The number of allylic oxidation sites excluding steroid dienone is 1. The fourth-order valence-corrected chi connectivity index (χ4v) is 1.48. The third-order valence-electron chi connectivity index (χ3n) is 2.35. The van der Waals surface area contributed by atoms with Crippen LogP contribution in [0.2, 0.25) is 0 Å². The summed E-state index contributed by atoms with van der Waals surface area (Å²) in [5.41, 5.74) is 1.94. The zero-order valence-electron chi connectivity index (χ0n) is 9.29. The Morgan fingerprint density at radius 2 is 2.33 bits per heavy atom. The summed E-state index contributed by atoms with van der Waals surface area (Å²) in [6.07, 6.45) is 7.39. The molecule has 1 nitrogen and oxygen atoms in total. The zero-order valence-corrected chi connectivity index (χ0v) is 9.29. The van der Waals surface area contributed by atoms with E-state index < -0.39 is 0 Å². The summed E-state index contributed by atoms with van der Waals surface area (Å²) in [4.78, 5) is 0. The number of benzene rings is 1. The normalized spacial score (nSPS) is 11.5. The molecule has 78 valence electrons. The molecule has 0 aliphatic carbocycles. The minimum Gasteiger partial charge on any atom is -0.493 e. The van der Waals surface area contributed by atoms with Gasteiger partial charge < -0.3 is 4.74 Å². The third kappa shape index (κ3) is 2.41. The lowest BCUT2D eigenvalue weighted by Crippen LogP contribution is -1.99. The predicted molar refractivity (Wildman–Crippen MR) is 64.2 cm³/mol. The van der Waals surface area contributed by atoms with Gasteiger partial charge in [-0.1, -0.05) is 31.1 Å². The van der Waals surface area contributed by atoms with Gasteiger partial charge >= 0.3 is 0 Å². The van der Waals surface area contributed by atoms with Crippen LogP contribution in [-0.4, -0.2) is 6.61 Å². The number of hydrogen-bond donors (Lipinski definition) is 0. The van der Waals surface area contributed by atoms with Gasteiger partial charge in [-0.05, 0) is 18.6 Å². The largest absolute Gasteiger partial charge is 0.493 e. The van der Waals surface area contributed by atoms with Crippen LogP contribution in [0, 0.1) is 12.3 Å². The van der Waals surface area contributed by atoms with Crippen molar-refractivity contribution in [2.24, 2.45) is 0 Å². The van der Waals surface area contributed by atoms with Gasteiger partial charge in [-0.15, -0.1) is 13.0 Å². The molecule has 0 heterocycles. The summed E-state index contributed by atoms with van der Waals surface area (Å²) >= 11 is 0. The molecule has 15 heavy (non-hydrogen) atoms. The molecule has 0 spiro atoms. The lowest BCUT2D eigenvalue weighted by Gasteiger charge is -2.13. The fraction of sp³-hybridized carbons (Fsp3) is 0.286. The highest BCUT2D eigenvalue weighted by Crippen LogP contribution is 2.27. The molecule has 1 aromatic rings. The van der Waals surface area contributed by atoms with Crippen molar-refractivity contribution in [3.63, 3.8) is 0 Å². The molecule has 0 N–H and O–H groups in total. The van der Waals surface area contributed by atoms with E-state index in [0.717, 1.165) is 16.9 Å². The Labute approximate surface area is 91.8 Å². The Hall–Kier alpha value is -1.68. The van der Waals surface area contributed by atoms with Crippen LogP contribution in [0.25, 0.3) is 0 Å². The van der Waals surface area contributed by atoms with Crippen molar-refractivity contribution >= 4 is 0 Å².